The summed E-state index contributed by atoms with van der Waals surface area (Å²) in [4.78, 5) is 2.86. The summed E-state index contributed by atoms with van der Waals surface area (Å²) in [6.07, 6.45) is 15.9. The highest BCUT2D eigenvalue weighted by Crippen LogP contribution is 2.34. The molecule has 1 heterocycles. The van der Waals surface area contributed by atoms with Crippen LogP contribution in [0.1, 0.15) is 77.6 Å². The maximum Gasteiger partial charge on any atom is 0.0308 e. The Morgan fingerprint density at radius 1 is 0.950 bits per heavy atom. The van der Waals surface area contributed by atoms with Crippen LogP contribution in [0.25, 0.3) is 0 Å². The SMILES string of the molecule is CC(C1CCCCC1)N1CCCNC2(CCCCC2)C1. The third kappa shape index (κ3) is 3.39. The van der Waals surface area contributed by atoms with Crippen molar-refractivity contribution in [2.45, 2.75) is 89.1 Å². The van der Waals surface area contributed by atoms with Gasteiger partial charge in [-0.15, -0.1) is 0 Å². The average Bonchev–Trinajstić information content (AvgIpc) is 2.71. The van der Waals surface area contributed by atoms with Crippen LogP contribution in [0.3, 0.4) is 0 Å². The van der Waals surface area contributed by atoms with Gasteiger partial charge in [0.05, 0.1) is 0 Å². The van der Waals surface area contributed by atoms with Crippen LogP contribution >= 0.6 is 0 Å². The van der Waals surface area contributed by atoms with Gasteiger partial charge in [0, 0.05) is 18.1 Å². The summed E-state index contributed by atoms with van der Waals surface area (Å²) >= 11 is 0. The molecular formula is C18H34N2. The molecule has 2 nitrogen and oxygen atoms in total. The van der Waals surface area contributed by atoms with Gasteiger partial charge in [0.1, 0.15) is 0 Å². The Balaban J connectivity index is 1.64. The monoisotopic (exact) mass is 278 g/mol. The second-order valence-electron chi connectivity index (χ2n) is 7.73. The van der Waals surface area contributed by atoms with Crippen molar-refractivity contribution in [1.29, 1.82) is 0 Å². The topological polar surface area (TPSA) is 15.3 Å². The minimum atomic E-state index is 0.470. The molecule has 0 amide bonds. The molecule has 1 atom stereocenters. The van der Waals surface area contributed by atoms with Crippen LogP contribution in [0, 0.1) is 5.92 Å². The summed E-state index contributed by atoms with van der Waals surface area (Å²) in [5, 5.41) is 3.94. The summed E-state index contributed by atoms with van der Waals surface area (Å²) in [6.45, 7) is 6.42. The van der Waals surface area contributed by atoms with Crippen molar-refractivity contribution in [3.05, 3.63) is 0 Å². The van der Waals surface area contributed by atoms with Crippen LogP contribution in [0.5, 0.6) is 0 Å². The Hall–Kier alpha value is -0.0800. The van der Waals surface area contributed by atoms with E-state index in [1.54, 1.807) is 0 Å². The summed E-state index contributed by atoms with van der Waals surface area (Å²) in [6, 6.07) is 0.814. The van der Waals surface area contributed by atoms with Crippen molar-refractivity contribution in [1.82, 2.24) is 10.2 Å². The Morgan fingerprint density at radius 2 is 1.65 bits per heavy atom. The van der Waals surface area contributed by atoms with Crippen molar-refractivity contribution in [3.63, 3.8) is 0 Å². The maximum atomic E-state index is 3.94. The Morgan fingerprint density at radius 3 is 2.40 bits per heavy atom. The Bertz CT molecular complexity index is 290. The Kier molecular flexibility index (Phi) is 5.04. The van der Waals surface area contributed by atoms with E-state index in [-0.39, 0.29) is 0 Å². The fourth-order valence-corrected chi connectivity index (χ4v) is 4.99. The third-order valence-electron chi connectivity index (χ3n) is 6.35. The largest absolute Gasteiger partial charge is 0.310 e. The van der Waals surface area contributed by atoms with Gasteiger partial charge >= 0.3 is 0 Å². The van der Waals surface area contributed by atoms with Crippen molar-refractivity contribution < 1.29 is 0 Å². The van der Waals surface area contributed by atoms with E-state index >= 15 is 0 Å². The molecule has 0 aromatic carbocycles. The lowest BCUT2D eigenvalue weighted by Crippen LogP contribution is -2.54. The zero-order valence-electron chi connectivity index (χ0n) is 13.5. The van der Waals surface area contributed by atoms with E-state index in [2.05, 4.69) is 17.1 Å². The second kappa shape index (κ2) is 6.79. The highest BCUT2D eigenvalue weighted by molar-refractivity contribution is 4.97. The zero-order valence-corrected chi connectivity index (χ0v) is 13.5. The summed E-state index contributed by atoms with van der Waals surface area (Å²) in [7, 11) is 0. The lowest BCUT2D eigenvalue weighted by atomic mass is 9.80. The lowest BCUT2D eigenvalue weighted by molar-refractivity contribution is 0.0912. The molecule has 1 spiro atoms. The minimum Gasteiger partial charge on any atom is -0.310 e. The molecule has 1 aliphatic heterocycles. The molecule has 20 heavy (non-hydrogen) atoms. The zero-order chi connectivity index (χ0) is 13.8. The van der Waals surface area contributed by atoms with E-state index in [0.717, 1.165) is 12.0 Å². The van der Waals surface area contributed by atoms with Crippen molar-refractivity contribution in [2.24, 2.45) is 5.92 Å². The first-order valence-electron chi connectivity index (χ1n) is 9.28. The fraction of sp³-hybridized carbons (Fsp3) is 1.00. The van der Waals surface area contributed by atoms with E-state index in [1.807, 2.05) is 0 Å². The molecule has 2 heteroatoms. The molecule has 2 saturated carbocycles. The predicted molar refractivity (Wildman–Crippen MR) is 86.0 cm³/mol. The number of hydrogen-bond acceptors (Lipinski definition) is 2. The van der Waals surface area contributed by atoms with Gasteiger partial charge in [0.15, 0.2) is 0 Å². The molecular weight excluding hydrogens is 244 g/mol. The molecule has 0 aromatic rings. The molecule has 3 rings (SSSR count). The fourth-order valence-electron chi connectivity index (χ4n) is 4.99. The molecule has 0 radical (unpaired) electrons. The molecule has 3 fully saturated rings. The average molecular weight is 278 g/mol. The molecule has 1 saturated heterocycles. The molecule has 2 aliphatic carbocycles. The first-order chi connectivity index (χ1) is 9.79. The molecule has 1 unspecified atom stereocenters. The van der Waals surface area contributed by atoms with Crippen LogP contribution in [0.4, 0.5) is 0 Å². The smallest absolute Gasteiger partial charge is 0.0308 e. The Labute approximate surface area is 125 Å². The van der Waals surface area contributed by atoms with E-state index in [4.69, 9.17) is 0 Å². The van der Waals surface area contributed by atoms with Gasteiger partial charge in [0.25, 0.3) is 0 Å². The van der Waals surface area contributed by atoms with Gasteiger partial charge in [-0.3, -0.25) is 4.90 Å². The van der Waals surface area contributed by atoms with Gasteiger partial charge in [-0.05, 0) is 58.0 Å². The van der Waals surface area contributed by atoms with E-state index in [1.165, 1.54) is 90.3 Å². The van der Waals surface area contributed by atoms with Crippen LogP contribution in [0.15, 0.2) is 0 Å². The van der Waals surface area contributed by atoms with Crippen LogP contribution < -0.4 is 5.32 Å². The minimum absolute atomic E-state index is 0.470. The molecule has 3 aliphatic rings. The number of rotatable bonds is 2. The van der Waals surface area contributed by atoms with E-state index in [0.29, 0.717) is 5.54 Å². The third-order valence-corrected chi connectivity index (χ3v) is 6.35. The summed E-state index contributed by atoms with van der Waals surface area (Å²) in [5.74, 6) is 0.975. The van der Waals surface area contributed by atoms with Gasteiger partial charge in [-0.2, -0.15) is 0 Å². The van der Waals surface area contributed by atoms with Crippen LogP contribution in [0.2, 0.25) is 0 Å². The van der Waals surface area contributed by atoms with E-state index < -0.39 is 0 Å². The van der Waals surface area contributed by atoms with Crippen molar-refractivity contribution in [2.75, 3.05) is 19.6 Å². The number of hydrogen-bond donors (Lipinski definition) is 1. The maximum absolute atomic E-state index is 3.94. The van der Waals surface area contributed by atoms with Gasteiger partial charge in [-0.1, -0.05) is 38.5 Å². The summed E-state index contributed by atoms with van der Waals surface area (Å²) < 4.78 is 0. The van der Waals surface area contributed by atoms with Gasteiger partial charge in [-0.25, -0.2) is 0 Å². The summed E-state index contributed by atoms with van der Waals surface area (Å²) in [5.41, 5.74) is 0.470. The van der Waals surface area contributed by atoms with Gasteiger partial charge < -0.3 is 5.32 Å². The normalized spacial score (nSPS) is 31.1. The molecule has 116 valence electrons. The lowest BCUT2D eigenvalue weighted by Gasteiger charge is -2.43. The predicted octanol–water partition coefficient (Wildman–Crippen LogP) is 3.95. The first-order valence-corrected chi connectivity index (χ1v) is 9.28. The first kappa shape index (κ1) is 14.8. The molecule has 1 N–H and O–H groups in total. The second-order valence-corrected chi connectivity index (χ2v) is 7.73. The van der Waals surface area contributed by atoms with Crippen molar-refractivity contribution >= 4 is 0 Å². The van der Waals surface area contributed by atoms with Crippen LogP contribution in [-0.4, -0.2) is 36.1 Å². The highest BCUT2D eigenvalue weighted by Gasteiger charge is 2.37. The number of nitrogens with zero attached hydrogens (tertiary/aromatic N) is 1. The van der Waals surface area contributed by atoms with Crippen molar-refractivity contribution in [3.8, 4) is 0 Å². The quantitative estimate of drug-likeness (QED) is 0.822. The molecule has 0 bridgehead atoms. The molecule has 0 aromatic heterocycles. The number of nitrogens with one attached hydrogen (secondary N) is 1. The highest BCUT2D eigenvalue weighted by atomic mass is 15.2. The van der Waals surface area contributed by atoms with E-state index in [9.17, 15) is 0 Å². The van der Waals surface area contributed by atoms with Gasteiger partial charge in [0.2, 0.25) is 0 Å². The standard InChI is InChI=1S/C18H34N2/c1-16(17-9-4-2-5-10-17)20-14-8-13-19-18(15-20)11-6-3-7-12-18/h16-17,19H,2-15H2,1H3. The van der Waals surface area contributed by atoms with Crippen LogP contribution in [-0.2, 0) is 0 Å².